The van der Waals surface area contributed by atoms with Crippen molar-refractivity contribution >= 4 is 29.2 Å². The normalized spacial score (nSPS) is 13.4. The van der Waals surface area contributed by atoms with E-state index in [0.29, 0.717) is 5.57 Å². The topological polar surface area (TPSA) is 37.3 Å². The summed E-state index contributed by atoms with van der Waals surface area (Å²) < 4.78 is 0. The highest BCUT2D eigenvalue weighted by Gasteiger charge is 2.04. The number of alkyl halides is 1. The van der Waals surface area contributed by atoms with E-state index in [1.165, 1.54) is 18.5 Å². The molecule has 0 spiro atoms. The standard InChI is InChI=1S/C7H8Cl2O2/c1-5(7(10)11)6(4-9)2-3-8/h2-3H,4H2,1H3,(H,10,11). The van der Waals surface area contributed by atoms with E-state index in [0.717, 1.165) is 0 Å². The first-order valence-corrected chi connectivity index (χ1v) is 3.86. The van der Waals surface area contributed by atoms with Gasteiger partial charge in [0.1, 0.15) is 0 Å². The molecule has 0 amide bonds. The summed E-state index contributed by atoms with van der Waals surface area (Å²) in [6.07, 6.45) is 1.47. The third-order valence-corrected chi connectivity index (χ3v) is 1.62. The van der Waals surface area contributed by atoms with Gasteiger partial charge in [-0.2, -0.15) is 0 Å². The first-order valence-electron chi connectivity index (χ1n) is 2.89. The van der Waals surface area contributed by atoms with Crippen LogP contribution in [-0.4, -0.2) is 17.0 Å². The molecule has 0 bridgehead atoms. The third kappa shape index (κ3) is 3.44. The van der Waals surface area contributed by atoms with Gasteiger partial charge < -0.3 is 5.11 Å². The second kappa shape index (κ2) is 5.22. The van der Waals surface area contributed by atoms with Gasteiger partial charge >= 0.3 is 5.97 Å². The van der Waals surface area contributed by atoms with Gasteiger partial charge in [0.25, 0.3) is 0 Å². The first kappa shape index (κ1) is 10.5. The van der Waals surface area contributed by atoms with Crippen LogP contribution in [-0.2, 0) is 4.79 Å². The SMILES string of the molecule is CC(C(=O)O)=C(C=CCl)CCl. The van der Waals surface area contributed by atoms with E-state index < -0.39 is 5.97 Å². The molecule has 0 radical (unpaired) electrons. The number of hydrogen-bond acceptors (Lipinski definition) is 1. The lowest BCUT2D eigenvalue weighted by atomic mass is 10.1. The maximum absolute atomic E-state index is 10.4. The molecule has 0 unspecified atom stereocenters. The molecule has 0 rings (SSSR count). The highest BCUT2D eigenvalue weighted by molar-refractivity contribution is 6.26. The molecule has 0 aromatic carbocycles. The van der Waals surface area contributed by atoms with E-state index >= 15 is 0 Å². The van der Waals surface area contributed by atoms with Crippen LogP contribution in [0.1, 0.15) is 6.92 Å². The zero-order chi connectivity index (χ0) is 8.85. The molecule has 62 valence electrons. The molecule has 0 aromatic rings. The highest BCUT2D eigenvalue weighted by atomic mass is 35.5. The van der Waals surface area contributed by atoms with Gasteiger partial charge in [-0.3, -0.25) is 0 Å². The largest absolute Gasteiger partial charge is 0.478 e. The van der Waals surface area contributed by atoms with Crippen LogP contribution < -0.4 is 0 Å². The van der Waals surface area contributed by atoms with Crippen LogP contribution in [0.25, 0.3) is 0 Å². The van der Waals surface area contributed by atoms with Gasteiger partial charge in [0.15, 0.2) is 0 Å². The zero-order valence-electron chi connectivity index (χ0n) is 5.97. The summed E-state index contributed by atoms with van der Waals surface area (Å²) in [5, 5.41) is 8.52. The number of halogens is 2. The number of rotatable bonds is 3. The maximum atomic E-state index is 10.4. The quantitative estimate of drug-likeness (QED) is 0.426. The Kier molecular flexibility index (Phi) is 4.99. The van der Waals surface area contributed by atoms with Crippen LogP contribution >= 0.6 is 23.2 Å². The van der Waals surface area contributed by atoms with Crippen LogP contribution in [0.15, 0.2) is 22.8 Å². The maximum Gasteiger partial charge on any atom is 0.331 e. The summed E-state index contributed by atoms with van der Waals surface area (Å²) in [6, 6.07) is 0. The summed E-state index contributed by atoms with van der Waals surface area (Å²) in [4.78, 5) is 10.4. The van der Waals surface area contributed by atoms with Crippen LogP contribution in [0, 0.1) is 0 Å². The van der Waals surface area contributed by atoms with Crippen molar-refractivity contribution in [3.8, 4) is 0 Å². The lowest BCUT2D eigenvalue weighted by Crippen LogP contribution is -2.00. The van der Waals surface area contributed by atoms with Crippen molar-refractivity contribution < 1.29 is 9.90 Å². The lowest BCUT2D eigenvalue weighted by Gasteiger charge is -1.98. The van der Waals surface area contributed by atoms with E-state index in [4.69, 9.17) is 28.3 Å². The Bertz CT molecular complexity index is 206. The first-order chi connectivity index (χ1) is 5.13. The minimum atomic E-state index is -0.976. The predicted molar refractivity (Wildman–Crippen MR) is 46.0 cm³/mol. The Morgan fingerprint density at radius 1 is 1.64 bits per heavy atom. The number of aliphatic carboxylic acids is 1. The fourth-order valence-electron chi connectivity index (χ4n) is 0.483. The molecule has 0 aliphatic carbocycles. The molecule has 1 N–H and O–H groups in total. The van der Waals surface area contributed by atoms with Crippen molar-refractivity contribution in [1.82, 2.24) is 0 Å². The van der Waals surface area contributed by atoms with Crippen LogP contribution in [0.2, 0.25) is 0 Å². The molecule has 4 heteroatoms. The molecular formula is C7H8Cl2O2. The summed E-state index contributed by atoms with van der Waals surface area (Å²) in [5.41, 5.74) is 1.98. The molecule has 0 aliphatic rings. The average Bonchev–Trinajstić information content (AvgIpc) is 1.98. The predicted octanol–water partition coefficient (Wildman–Crippen LogP) is 2.38. The van der Waals surface area contributed by atoms with E-state index in [1.807, 2.05) is 0 Å². The Labute approximate surface area is 75.1 Å². The van der Waals surface area contributed by atoms with Gasteiger partial charge in [0, 0.05) is 17.0 Å². The van der Waals surface area contributed by atoms with Gasteiger partial charge in [0.2, 0.25) is 0 Å². The van der Waals surface area contributed by atoms with Crippen molar-refractivity contribution in [2.45, 2.75) is 6.92 Å². The summed E-state index contributed by atoms with van der Waals surface area (Å²) in [7, 11) is 0. The lowest BCUT2D eigenvalue weighted by molar-refractivity contribution is -0.132. The molecule has 0 heterocycles. The zero-order valence-corrected chi connectivity index (χ0v) is 7.49. The van der Waals surface area contributed by atoms with Crippen LogP contribution in [0.5, 0.6) is 0 Å². The summed E-state index contributed by atoms with van der Waals surface area (Å²) >= 11 is 10.7. The number of hydrogen-bond donors (Lipinski definition) is 1. The molecule has 0 aromatic heterocycles. The second-order valence-corrected chi connectivity index (χ2v) is 2.40. The number of carboxylic acids is 1. The monoisotopic (exact) mass is 194 g/mol. The minimum Gasteiger partial charge on any atom is -0.478 e. The molecule has 0 fully saturated rings. The number of carboxylic acid groups (broad SMARTS) is 1. The van der Waals surface area contributed by atoms with Crippen molar-refractivity contribution in [2.75, 3.05) is 5.88 Å². The van der Waals surface area contributed by atoms with Crippen molar-refractivity contribution in [2.24, 2.45) is 0 Å². The van der Waals surface area contributed by atoms with Gasteiger partial charge in [-0.25, -0.2) is 4.79 Å². The Morgan fingerprint density at radius 3 is 2.45 bits per heavy atom. The summed E-state index contributed by atoms with van der Waals surface area (Å²) in [6.45, 7) is 1.48. The molecule has 0 aliphatic heterocycles. The second-order valence-electron chi connectivity index (χ2n) is 1.88. The van der Waals surface area contributed by atoms with E-state index in [9.17, 15) is 4.79 Å². The van der Waals surface area contributed by atoms with Gasteiger partial charge in [-0.05, 0) is 18.6 Å². The van der Waals surface area contributed by atoms with E-state index in [1.54, 1.807) is 0 Å². The molecule has 2 nitrogen and oxygen atoms in total. The molecular weight excluding hydrogens is 187 g/mol. The molecule has 0 saturated heterocycles. The van der Waals surface area contributed by atoms with Gasteiger partial charge in [-0.1, -0.05) is 11.6 Å². The fourth-order valence-corrected chi connectivity index (χ4v) is 0.925. The van der Waals surface area contributed by atoms with Gasteiger partial charge in [-0.15, -0.1) is 11.6 Å². The Hall–Kier alpha value is -0.470. The molecule has 0 saturated carbocycles. The van der Waals surface area contributed by atoms with E-state index in [-0.39, 0.29) is 11.5 Å². The highest BCUT2D eigenvalue weighted by Crippen LogP contribution is 2.08. The third-order valence-electron chi connectivity index (χ3n) is 1.21. The fraction of sp³-hybridized carbons (Fsp3) is 0.286. The molecule has 0 atom stereocenters. The van der Waals surface area contributed by atoms with Crippen molar-refractivity contribution in [1.29, 1.82) is 0 Å². The number of allylic oxidation sites excluding steroid dienone is 2. The van der Waals surface area contributed by atoms with Crippen LogP contribution in [0.4, 0.5) is 0 Å². The Balaban J connectivity index is 4.67. The Morgan fingerprint density at radius 2 is 2.18 bits per heavy atom. The minimum absolute atomic E-state index is 0.154. The molecule has 11 heavy (non-hydrogen) atoms. The van der Waals surface area contributed by atoms with Crippen LogP contribution in [0.3, 0.4) is 0 Å². The van der Waals surface area contributed by atoms with Gasteiger partial charge in [0.05, 0.1) is 0 Å². The van der Waals surface area contributed by atoms with Crippen molar-refractivity contribution in [3.63, 3.8) is 0 Å². The average molecular weight is 195 g/mol. The number of carbonyl (C=O) groups is 1. The summed E-state index contributed by atoms with van der Waals surface area (Å²) in [5.74, 6) is -0.822. The van der Waals surface area contributed by atoms with Crippen molar-refractivity contribution in [3.05, 3.63) is 22.8 Å². The smallest absolute Gasteiger partial charge is 0.331 e. The van der Waals surface area contributed by atoms with E-state index in [2.05, 4.69) is 0 Å².